The van der Waals surface area contributed by atoms with Crippen LogP contribution in [-0.4, -0.2) is 210 Å². The van der Waals surface area contributed by atoms with Crippen LogP contribution in [0.5, 0.6) is 0 Å². The fraction of sp³-hybridized carbons (Fsp3) is 0.902. The molecule has 3 saturated carbocycles. The molecule has 4 aliphatic carbocycles. The summed E-state index contributed by atoms with van der Waals surface area (Å²) < 4.78 is 72.4. The third kappa shape index (κ3) is 11.1. The highest BCUT2D eigenvalue weighted by Gasteiger charge is 2.64. The van der Waals surface area contributed by atoms with Crippen LogP contribution in [0.2, 0.25) is 0 Å². The van der Waals surface area contributed by atoms with Gasteiger partial charge in [0.15, 0.2) is 37.4 Å². The molecule has 27 atom stereocenters. The van der Waals surface area contributed by atoms with Gasteiger partial charge in [0.1, 0.15) is 66.8 Å². The molecule has 8 rings (SSSR count). The van der Waals surface area contributed by atoms with Gasteiger partial charge in [0, 0.05) is 40.4 Å². The second-order valence-corrected chi connectivity index (χ2v) is 22.3. The number of allylic oxidation sites excluding steroid dienone is 1. The molecule has 22 nitrogen and oxygen atoms in total. The normalized spacial score (nSPS) is 49.9. The fourth-order valence-electron chi connectivity index (χ4n) is 14.2. The van der Waals surface area contributed by atoms with Gasteiger partial charge in [-0.25, -0.2) is 0 Å². The maximum absolute atomic E-state index is 13.7. The lowest BCUT2D eigenvalue weighted by Crippen LogP contribution is -2.62. The van der Waals surface area contributed by atoms with Crippen LogP contribution in [0.4, 0.5) is 0 Å². The van der Waals surface area contributed by atoms with Gasteiger partial charge >= 0.3 is 11.9 Å². The summed E-state index contributed by atoms with van der Waals surface area (Å²) in [7, 11) is 3.03. The van der Waals surface area contributed by atoms with Gasteiger partial charge < -0.3 is 92.6 Å². The number of aliphatic hydroxyl groups excluding tert-OH is 7. The van der Waals surface area contributed by atoms with Crippen molar-refractivity contribution in [1.29, 1.82) is 0 Å². The number of hydrogen-bond acceptors (Lipinski definition) is 22. The van der Waals surface area contributed by atoms with Crippen LogP contribution in [-0.2, 0) is 71.2 Å². The van der Waals surface area contributed by atoms with Crippen LogP contribution in [0.25, 0.3) is 0 Å². The molecule has 0 aromatic rings. The Hall–Kier alpha value is -2.33. The maximum Gasteiger partial charge on any atom is 0.303 e. The molecule has 73 heavy (non-hydrogen) atoms. The Balaban J connectivity index is 0.899. The number of methoxy groups -OCH3 is 2. The largest absolute Gasteiger partial charge is 0.457 e. The number of Topliss-reactive ketones (excluding diaryl/α,β-unsaturated/α-hetero) is 1. The number of rotatable bonds is 15. The van der Waals surface area contributed by atoms with E-state index in [0.29, 0.717) is 18.8 Å². The van der Waals surface area contributed by atoms with Crippen molar-refractivity contribution >= 4 is 17.7 Å². The maximum atomic E-state index is 13.7. The predicted molar refractivity (Wildman–Crippen MR) is 248 cm³/mol. The molecule has 17 unspecified atom stereocenters. The van der Waals surface area contributed by atoms with E-state index in [-0.39, 0.29) is 29.1 Å². The van der Waals surface area contributed by atoms with Crippen molar-refractivity contribution < 1.29 is 107 Å². The number of fused-ring (bicyclic) bond motifs is 5. The van der Waals surface area contributed by atoms with Crippen LogP contribution in [0.3, 0.4) is 0 Å². The zero-order valence-corrected chi connectivity index (χ0v) is 43.3. The molecular formula is C51H80O22. The number of esters is 2. The standard InChI is InChI=1S/C51H80O22/c1-21(53)36-31(70-48-42(61)40(59)38(57)34(72-48)20-64-47-41(60)39(58)37(56)33(19-52)71-47)17-30-28-11-10-26-16-27(12-14-50(26,6)29(28)13-15-51(30,36)7)69-35-18-32(62-8)43(22(2)65-35)73-49-46(68-25(5)55)45(63-9)44(23(3)66-49)67-24(4)54/h10,22-23,27-49,52,56-61H,11-20H2,1-9H3/t22?,23?,27?,28?,29?,30?,31?,32?,33-,34-,35?,36?,37-,38-,39+,40+,41-,42-,43?,44?,45?,46?,47-,48-,49?,50?,51?/m1/s1. The number of carbonyl (C=O) groups is 3. The molecule has 7 fully saturated rings. The minimum absolute atomic E-state index is 0.0529. The zero-order chi connectivity index (χ0) is 53.0. The van der Waals surface area contributed by atoms with E-state index in [1.54, 1.807) is 21.0 Å². The van der Waals surface area contributed by atoms with Crippen molar-refractivity contribution in [3.05, 3.63) is 11.6 Å². The van der Waals surface area contributed by atoms with E-state index in [0.717, 1.165) is 38.5 Å². The van der Waals surface area contributed by atoms with Gasteiger partial charge in [0.2, 0.25) is 0 Å². The molecule has 0 spiro atoms. The number of hydrogen-bond donors (Lipinski definition) is 7. The second kappa shape index (κ2) is 22.9. The van der Waals surface area contributed by atoms with Crippen LogP contribution >= 0.6 is 0 Å². The Morgan fingerprint density at radius 2 is 1.30 bits per heavy atom. The molecule has 4 heterocycles. The molecule has 8 aliphatic rings. The summed E-state index contributed by atoms with van der Waals surface area (Å²) in [6.07, 6.45) is -15.1. The second-order valence-electron chi connectivity index (χ2n) is 22.3. The molecule has 4 aliphatic heterocycles. The number of ketones is 1. The highest BCUT2D eigenvalue weighted by Crippen LogP contribution is 2.67. The van der Waals surface area contributed by atoms with Gasteiger partial charge in [0.25, 0.3) is 0 Å². The molecule has 22 heteroatoms. The van der Waals surface area contributed by atoms with Crippen molar-refractivity contribution in [2.24, 2.45) is 34.5 Å². The predicted octanol–water partition coefficient (Wildman–Crippen LogP) is 0.317. The lowest BCUT2D eigenvalue weighted by molar-refractivity contribution is -0.343. The van der Waals surface area contributed by atoms with Crippen molar-refractivity contribution in [2.75, 3.05) is 27.4 Å². The molecule has 0 radical (unpaired) electrons. The average Bonchev–Trinajstić information content (AvgIpc) is 3.64. The number of carbonyl (C=O) groups excluding carboxylic acids is 3. The summed E-state index contributed by atoms with van der Waals surface area (Å²) in [5.41, 5.74) is 0.793. The Morgan fingerprint density at radius 1 is 0.658 bits per heavy atom. The summed E-state index contributed by atoms with van der Waals surface area (Å²) in [4.78, 5) is 37.9. The van der Waals surface area contributed by atoms with Gasteiger partial charge in [-0.05, 0) is 94.3 Å². The highest BCUT2D eigenvalue weighted by molar-refractivity contribution is 5.80. The molecule has 4 saturated heterocycles. The van der Waals surface area contributed by atoms with E-state index in [9.17, 15) is 50.1 Å². The average molecular weight is 1050 g/mol. The van der Waals surface area contributed by atoms with Gasteiger partial charge in [-0.3, -0.25) is 14.4 Å². The van der Waals surface area contributed by atoms with E-state index >= 15 is 0 Å². The minimum Gasteiger partial charge on any atom is -0.457 e. The zero-order valence-electron chi connectivity index (χ0n) is 43.3. The summed E-state index contributed by atoms with van der Waals surface area (Å²) in [5, 5.41) is 73.6. The van der Waals surface area contributed by atoms with E-state index < -0.39 is 159 Å². The topological polar surface area (TPSA) is 304 Å². The van der Waals surface area contributed by atoms with Crippen molar-refractivity contribution in [2.45, 2.75) is 229 Å². The van der Waals surface area contributed by atoms with Crippen LogP contribution in [0.15, 0.2) is 11.6 Å². The SMILES string of the molecule is COC1CC(OC2CCC3(C)C(=CCC4C3CCC3(C)C4CC(O[C@@H]4O[C@H](CO[C@@H]5O[C@H](CO)[C@@H](O)[C@H](O)[C@H]5O)[C@@H](O)[C@H](O)[C@H]4O)C3C(C)=O)C2)OC(C)C1OC1OC(C)C(OC(C)=O)C(OC)C1OC(C)=O. The summed E-state index contributed by atoms with van der Waals surface area (Å²) in [5.74, 6) is -1.09. The van der Waals surface area contributed by atoms with Gasteiger partial charge in [-0.1, -0.05) is 25.5 Å². The molecule has 416 valence electrons. The molecule has 7 N–H and O–H groups in total. The summed E-state index contributed by atoms with van der Waals surface area (Å²) in [6.45, 7) is 11.0. The van der Waals surface area contributed by atoms with Crippen molar-refractivity contribution in [3.8, 4) is 0 Å². The third-order valence-electron chi connectivity index (χ3n) is 17.9. The number of aliphatic hydroxyl groups is 7. The summed E-state index contributed by atoms with van der Waals surface area (Å²) in [6, 6.07) is 0. The lowest BCUT2D eigenvalue weighted by atomic mass is 9.47. The lowest BCUT2D eigenvalue weighted by Gasteiger charge is -2.58. The first-order valence-electron chi connectivity index (χ1n) is 26.0. The molecular weight excluding hydrogens is 965 g/mol. The molecule has 0 aromatic carbocycles. The van der Waals surface area contributed by atoms with Crippen LogP contribution < -0.4 is 0 Å². The van der Waals surface area contributed by atoms with Crippen molar-refractivity contribution in [3.63, 3.8) is 0 Å². The third-order valence-corrected chi connectivity index (χ3v) is 17.9. The van der Waals surface area contributed by atoms with E-state index in [1.165, 1.54) is 26.5 Å². The van der Waals surface area contributed by atoms with Gasteiger partial charge in [-0.15, -0.1) is 0 Å². The Kier molecular flexibility index (Phi) is 17.9. The Bertz CT molecular complexity index is 1960. The first-order chi connectivity index (χ1) is 34.5. The molecule has 0 amide bonds. The molecule has 0 bridgehead atoms. The molecule has 0 aromatic heterocycles. The quantitative estimate of drug-likeness (QED) is 0.0858. The van der Waals surface area contributed by atoms with Crippen LogP contribution in [0.1, 0.15) is 99.8 Å². The van der Waals surface area contributed by atoms with E-state index in [1.807, 2.05) is 6.92 Å². The smallest absolute Gasteiger partial charge is 0.303 e. The first-order valence-corrected chi connectivity index (χ1v) is 26.0. The van der Waals surface area contributed by atoms with Gasteiger partial charge in [-0.2, -0.15) is 0 Å². The minimum atomic E-state index is -1.73. The Morgan fingerprint density at radius 3 is 1.95 bits per heavy atom. The first kappa shape index (κ1) is 56.9. The Labute approximate surface area is 426 Å². The van der Waals surface area contributed by atoms with Crippen molar-refractivity contribution in [1.82, 2.24) is 0 Å². The number of ether oxygens (including phenoxy) is 12. The monoisotopic (exact) mass is 1040 g/mol. The highest BCUT2D eigenvalue weighted by atomic mass is 16.8. The van der Waals surface area contributed by atoms with E-state index in [2.05, 4.69) is 19.9 Å². The fourth-order valence-corrected chi connectivity index (χ4v) is 14.2. The van der Waals surface area contributed by atoms with Gasteiger partial charge in [0.05, 0.1) is 43.7 Å². The summed E-state index contributed by atoms with van der Waals surface area (Å²) >= 11 is 0. The van der Waals surface area contributed by atoms with Crippen LogP contribution in [0, 0.1) is 34.5 Å². The van der Waals surface area contributed by atoms with E-state index in [4.69, 9.17) is 56.8 Å².